The van der Waals surface area contributed by atoms with Gasteiger partial charge < -0.3 is 14.6 Å². The highest BCUT2D eigenvalue weighted by molar-refractivity contribution is 7.98. The summed E-state index contributed by atoms with van der Waals surface area (Å²) in [6.07, 6.45) is 5.14. The molecule has 2 aromatic heterocycles. The molecule has 7 nitrogen and oxygen atoms in total. The highest BCUT2D eigenvalue weighted by Crippen LogP contribution is 2.19. The molecule has 0 bridgehead atoms. The van der Waals surface area contributed by atoms with Gasteiger partial charge in [-0.1, -0.05) is 18.2 Å². The van der Waals surface area contributed by atoms with Crippen LogP contribution in [0.2, 0.25) is 0 Å². The van der Waals surface area contributed by atoms with Gasteiger partial charge in [0, 0.05) is 5.56 Å². The third-order valence-electron chi connectivity index (χ3n) is 3.59. The molecule has 0 fully saturated rings. The lowest BCUT2D eigenvalue weighted by atomic mass is 10.2. The minimum absolute atomic E-state index is 0.0298. The van der Waals surface area contributed by atoms with Gasteiger partial charge in [0.2, 0.25) is 0 Å². The molecular weight excluding hydrogens is 338 g/mol. The number of nitrogens with one attached hydrogen (secondary N) is 1. The van der Waals surface area contributed by atoms with E-state index in [2.05, 4.69) is 20.3 Å². The summed E-state index contributed by atoms with van der Waals surface area (Å²) in [5.74, 6) is 0.809. The van der Waals surface area contributed by atoms with Crippen molar-refractivity contribution in [2.75, 3.05) is 17.5 Å². The summed E-state index contributed by atoms with van der Waals surface area (Å²) in [6.45, 7) is 2.63. The van der Waals surface area contributed by atoms with Crippen molar-refractivity contribution in [1.29, 1.82) is 0 Å². The van der Waals surface area contributed by atoms with Crippen molar-refractivity contribution in [3.05, 3.63) is 48.5 Å². The van der Waals surface area contributed by atoms with Crippen molar-refractivity contribution < 1.29 is 9.53 Å². The summed E-state index contributed by atoms with van der Waals surface area (Å²) in [6, 6.07) is 8.99. The Labute approximate surface area is 149 Å². The highest BCUT2D eigenvalue weighted by atomic mass is 32.2. The average Bonchev–Trinajstić information content (AvgIpc) is 3.04. The number of imidazole rings is 1. The Morgan fingerprint density at radius 3 is 2.84 bits per heavy atom. The smallest absolute Gasteiger partial charge is 0.256 e. The van der Waals surface area contributed by atoms with Crippen LogP contribution in [0.4, 0.5) is 5.82 Å². The van der Waals surface area contributed by atoms with E-state index in [4.69, 9.17) is 4.74 Å². The SMILES string of the molecule is CSCO[C@H](C)Cn1cnc2c(NC(=O)c3ccccc3)ncnc21. The summed E-state index contributed by atoms with van der Waals surface area (Å²) < 4.78 is 7.57. The quantitative estimate of drug-likeness (QED) is 0.655. The van der Waals surface area contributed by atoms with Crippen LogP contribution < -0.4 is 5.32 Å². The molecule has 0 unspecified atom stereocenters. The Balaban J connectivity index is 1.80. The lowest BCUT2D eigenvalue weighted by Crippen LogP contribution is -2.16. The zero-order valence-electron chi connectivity index (χ0n) is 14.0. The number of hydrogen-bond donors (Lipinski definition) is 1. The molecule has 0 spiro atoms. The molecule has 1 atom stereocenters. The first-order valence-electron chi connectivity index (χ1n) is 7.82. The van der Waals surface area contributed by atoms with Crippen LogP contribution in [0.25, 0.3) is 11.2 Å². The van der Waals surface area contributed by atoms with E-state index >= 15 is 0 Å². The molecule has 130 valence electrons. The van der Waals surface area contributed by atoms with E-state index in [1.807, 2.05) is 35.9 Å². The van der Waals surface area contributed by atoms with Crippen LogP contribution in [-0.4, -0.2) is 43.7 Å². The van der Waals surface area contributed by atoms with E-state index < -0.39 is 0 Å². The first-order valence-corrected chi connectivity index (χ1v) is 9.21. The Morgan fingerprint density at radius 2 is 2.08 bits per heavy atom. The summed E-state index contributed by atoms with van der Waals surface area (Å²) in [7, 11) is 0. The van der Waals surface area contributed by atoms with Crippen molar-refractivity contribution in [1.82, 2.24) is 19.5 Å². The Morgan fingerprint density at radius 1 is 1.28 bits per heavy atom. The molecule has 0 saturated heterocycles. The van der Waals surface area contributed by atoms with Gasteiger partial charge in [-0.15, -0.1) is 11.8 Å². The number of nitrogens with zero attached hydrogens (tertiary/aromatic N) is 4. The fourth-order valence-corrected chi connectivity index (χ4v) is 2.76. The highest BCUT2D eigenvalue weighted by Gasteiger charge is 2.14. The summed E-state index contributed by atoms with van der Waals surface area (Å²) >= 11 is 1.63. The second kappa shape index (κ2) is 8.09. The molecule has 1 aromatic carbocycles. The summed E-state index contributed by atoms with van der Waals surface area (Å²) in [5.41, 5.74) is 1.79. The number of fused-ring (bicyclic) bond motifs is 1. The number of ether oxygens (including phenoxy) is 1. The van der Waals surface area contributed by atoms with Gasteiger partial charge in [-0.3, -0.25) is 4.79 Å². The maximum atomic E-state index is 12.3. The molecule has 25 heavy (non-hydrogen) atoms. The number of carbonyl (C=O) groups excluding carboxylic acids is 1. The zero-order valence-corrected chi connectivity index (χ0v) is 14.9. The normalized spacial score (nSPS) is 12.2. The van der Waals surface area contributed by atoms with E-state index in [0.717, 1.165) is 0 Å². The minimum atomic E-state index is -0.230. The van der Waals surface area contributed by atoms with Gasteiger partial charge in [0.05, 0.1) is 24.9 Å². The monoisotopic (exact) mass is 357 g/mol. The van der Waals surface area contributed by atoms with Crippen LogP contribution in [0.3, 0.4) is 0 Å². The topological polar surface area (TPSA) is 81.9 Å². The van der Waals surface area contributed by atoms with Crippen LogP contribution in [-0.2, 0) is 11.3 Å². The molecule has 1 amide bonds. The van der Waals surface area contributed by atoms with Gasteiger partial charge in [-0.25, -0.2) is 15.0 Å². The lowest BCUT2D eigenvalue weighted by molar-refractivity contribution is 0.0918. The molecule has 2 heterocycles. The molecule has 0 aliphatic rings. The number of amides is 1. The first-order chi connectivity index (χ1) is 12.2. The van der Waals surface area contributed by atoms with Crippen LogP contribution >= 0.6 is 11.8 Å². The maximum absolute atomic E-state index is 12.3. The van der Waals surface area contributed by atoms with Crippen LogP contribution in [0.15, 0.2) is 43.0 Å². The Kier molecular flexibility index (Phi) is 5.62. The largest absolute Gasteiger partial charge is 0.366 e. The first kappa shape index (κ1) is 17.4. The fraction of sp³-hybridized carbons (Fsp3) is 0.294. The van der Waals surface area contributed by atoms with Crippen molar-refractivity contribution in [3.8, 4) is 0 Å². The third-order valence-corrected chi connectivity index (χ3v) is 3.97. The lowest BCUT2D eigenvalue weighted by Gasteiger charge is -2.13. The average molecular weight is 357 g/mol. The number of rotatable bonds is 7. The summed E-state index contributed by atoms with van der Waals surface area (Å²) in [5, 5.41) is 2.80. The second-order valence-electron chi connectivity index (χ2n) is 5.50. The zero-order chi connectivity index (χ0) is 17.6. The molecule has 0 radical (unpaired) electrons. The number of thioether (sulfide) groups is 1. The van der Waals surface area contributed by atoms with Gasteiger partial charge in [0.1, 0.15) is 6.33 Å². The second-order valence-corrected chi connectivity index (χ2v) is 6.31. The van der Waals surface area contributed by atoms with Crippen LogP contribution in [0.1, 0.15) is 17.3 Å². The standard InChI is InChI=1S/C17H19N5O2S/c1-12(24-11-25-2)8-22-10-20-14-15(18-9-19-16(14)22)21-17(23)13-6-4-3-5-7-13/h3-7,9-10,12H,8,11H2,1-2H3,(H,18,19,21,23)/t12-/m1/s1. The molecule has 0 aliphatic heterocycles. The van der Waals surface area contributed by atoms with E-state index in [1.165, 1.54) is 6.33 Å². The van der Waals surface area contributed by atoms with Gasteiger partial charge >= 0.3 is 0 Å². The van der Waals surface area contributed by atoms with Crippen LogP contribution in [0.5, 0.6) is 0 Å². The maximum Gasteiger partial charge on any atom is 0.256 e. The van der Waals surface area contributed by atoms with Gasteiger partial charge in [0.15, 0.2) is 17.0 Å². The van der Waals surface area contributed by atoms with E-state index in [1.54, 1.807) is 30.2 Å². The minimum Gasteiger partial charge on any atom is -0.366 e. The van der Waals surface area contributed by atoms with Crippen molar-refractivity contribution in [2.45, 2.75) is 19.6 Å². The van der Waals surface area contributed by atoms with Crippen LogP contribution in [0, 0.1) is 0 Å². The van der Waals surface area contributed by atoms with Gasteiger partial charge in [-0.05, 0) is 25.3 Å². The van der Waals surface area contributed by atoms with Crippen molar-refractivity contribution >= 4 is 34.7 Å². The number of anilines is 1. The van der Waals surface area contributed by atoms with E-state index in [0.29, 0.717) is 35.0 Å². The molecule has 3 rings (SSSR count). The van der Waals surface area contributed by atoms with Crippen molar-refractivity contribution in [2.24, 2.45) is 0 Å². The van der Waals surface area contributed by atoms with E-state index in [9.17, 15) is 4.79 Å². The molecular formula is C17H19N5O2S. The third kappa shape index (κ3) is 4.15. The summed E-state index contributed by atoms with van der Waals surface area (Å²) in [4.78, 5) is 25.1. The molecule has 1 N–H and O–H groups in total. The predicted octanol–water partition coefficient (Wildman–Crippen LogP) is 2.80. The number of aromatic nitrogens is 4. The number of carbonyl (C=O) groups is 1. The molecule has 8 heteroatoms. The van der Waals surface area contributed by atoms with Crippen molar-refractivity contribution in [3.63, 3.8) is 0 Å². The van der Waals surface area contributed by atoms with E-state index in [-0.39, 0.29) is 12.0 Å². The van der Waals surface area contributed by atoms with Gasteiger partial charge in [0.25, 0.3) is 5.91 Å². The number of benzene rings is 1. The Bertz CT molecular complexity index is 853. The predicted molar refractivity (Wildman–Crippen MR) is 98.6 cm³/mol. The Hall–Kier alpha value is -2.45. The number of hydrogen-bond acceptors (Lipinski definition) is 6. The molecule has 0 saturated carbocycles. The van der Waals surface area contributed by atoms with Gasteiger partial charge in [-0.2, -0.15) is 0 Å². The molecule has 3 aromatic rings. The fourth-order valence-electron chi connectivity index (χ4n) is 2.39. The molecule has 0 aliphatic carbocycles.